The lowest BCUT2D eigenvalue weighted by atomic mass is 10.4. The first-order valence-corrected chi connectivity index (χ1v) is 4.79. The fraction of sp³-hybridized carbons (Fsp3) is 0.222. The molecule has 0 aliphatic rings. The van der Waals surface area contributed by atoms with E-state index in [1.807, 2.05) is 10.6 Å². The molecular formula is C9H8Cl2N2. The minimum absolute atomic E-state index is 0.590. The molecule has 0 aliphatic heterocycles. The second-order valence-corrected chi connectivity index (χ2v) is 3.67. The highest BCUT2D eigenvalue weighted by Gasteiger charge is 2.04. The second-order valence-electron chi connectivity index (χ2n) is 2.82. The van der Waals surface area contributed by atoms with Gasteiger partial charge < -0.3 is 4.40 Å². The zero-order valence-corrected chi connectivity index (χ0v) is 8.60. The highest BCUT2D eigenvalue weighted by molar-refractivity contribution is 6.36. The Morgan fingerprint density at radius 2 is 2.15 bits per heavy atom. The molecule has 4 heteroatoms. The number of pyridine rings is 1. The molecule has 2 nitrogen and oxygen atoms in total. The molecule has 0 saturated carbocycles. The Kier molecular flexibility index (Phi) is 2.18. The average molecular weight is 215 g/mol. The summed E-state index contributed by atoms with van der Waals surface area (Å²) in [4.78, 5) is 4.34. The minimum Gasteiger partial charge on any atom is -0.304 e. The molecule has 68 valence electrons. The Balaban J connectivity index is 2.75. The van der Waals surface area contributed by atoms with Crippen molar-refractivity contribution in [3.8, 4) is 0 Å². The molecular weight excluding hydrogens is 207 g/mol. The van der Waals surface area contributed by atoms with Gasteiger partial charge in [-0.15, -0.1) is 0 Å². The van der Waals surface area contributed by atoms with E-state index in [1.165, 1.54) is 0 Å². The quantitative estimate of drug-likeness (QED) is 0.713. The summed E-state index contributed by atoms with van der Waals surface area (Å²) < 4.78 is 1.85. The first-order valence-electron chi connectivity index (χ1n) is 4.03. The number of aryl methyl sites for hydroxylation is 1. The molecule has 0 aliphatic carbocycles. The molecule has 2 heterocycles. The van der Waals surface area contributed by atoms with Crippen molar-refractivity contribution in [2.24, 2.45) is 0 Å². The third-order valence-corrected chi connectivity index (χ3v) is 2.37. The van der Waals surface area contributed by atoms with Crippen LogP contribution in [0.25, 0.3) is 5.65 Å². The summed E-state index contributed by atoms with van der Waals surface area (Å²) in [6, 6.07) is 1.70. The molecule has 2 rings (SSSR count). The van der Waals surface area contributed by atoms with Gasteiger partial charge in [-0.25, -0.2) is 4.98 Å². The van der Waals surface area contributed by atoms with Gasteiger partial charge >= 0.3 is 0 Å². The van der Waals surface area contributed by atoms with Crippen LogP contribution in [0.3, 0.4) is 0 Å². The smallest absolute Gasteiger partial charge is 0.155 e. The van der Waals surface area contributed by atoms with Crippen LogP contribution >= 0.6 is 23.2 Å². The molecule has 2 aromatic rings. The van der Waals surface area contributed by atoms with E-state index < -0.39 is 0 Å². The van der Waals surface area contributed by atoms with E-state index in [1.54, 1.807) is 12.3 Å². The fourth-order valence-corrected chi connectivity index (χ4v) is 1.77. The standard InChI is InChI=1S/C9H8Cl2N2/c1-2-7-5-13-4-6(10)3-8(11)9(13)12-7/h3-5H,2H2,1H3. The van der Waals surface area contributed by atoms with Crippen LogP contribution < -0.4 is 0 Å². The van der Waals surface area contributed by atoms with Crippen molar-refractivity contribution >= 4 is 28.8 Å². The summed E-state index contributed by atoms with van der Waals surface area (Å²) in [5.41, 5.74) is 1.78. The fourth-order valence-electron chi connectivity index (χ4n) is 1.25. The number of nitrogens with zero attached hydrogens (tertiary/aromatic N) is 2. The van der Waals surface area contributed by atoms with Crippen LogP contribution in [0.2, 0.25) is 10.0 Å². The molecule has 0 fully saturated rings. The lowest BCUT2D eigenvalue weighted by Gasteiger charge is -1.95. The van der Waals surface area contributed by atoms with Crippen LogP contribution in [0, 0.1) is 0 Å². The summed E-state index contributed by atoms with van der Waals surface area (Å²) in [5, 5.41) is 1.21. The van der Waals surface area contributed by atoms with Gasteiger partial charge in [0.1, 0.15) is 0 Å². The van der Waals surface area contributed by atoms with Crippen LogP contribution in [0.5, 0.6) is 0 Å². The monoisotopic (exact) mass is 214 g/mol. The first-order chi connectivity index (χ1) is 6.20. The number of halogens is 2. The van der Waals surface area contributed by atoms with Gasteiger partial charge in [-0.2, -0.15) is 0 Å². The molecule has 0 saturated heterocycles. The number of fused-ring (bicyclic) bond motifs is 1. The summed E-state index contributed by atoms with van der Waals surface area (Å²) in [6.45, 7) is 2.05. The number of rotatable bonds is 1. The normalized spacial score (nSPS) is 11.0. The van der Waals surface area contributed by atoms with Gasteiger partial charge in [0.2, 0.25) is 0 Å². The Hall–Kier alpha value is -0.730. The van der Waals surface area contributed by atoms with E-state index in [0.29, 0.717) is 10.0 Å². The van der Waals surface area contributed by atoms with Gasteiger partial charge in [0.25, 0.3) is 0 Å². The van der Waals surface area contributed by atoms with Crippen LogP contribution in [0.1, 0.15) is 12.6 Å². The zero-order chi connectivity index (χ0) is 9.42. The topological polar surface area (TPSA) is 17.3 Å². The van der Waals surface area contributed by atoms with Gasteiger partial charge in [0.05, 0.1) is 15.7 Å². The van der Waals surface area contributed by atoms with Gasteiger partial charge in [0.15, 0.2) is 5.65 Å². The van der Waals surface area contributed by atoms with Crippen LogP contribution in [0.15, 0.2) is 18.5 Å². The maximum Gasteiger partial charge on any atom is 0.155 e. The lowest BCUT2D eigenvalue weighted by molar-refractivity contribution is 1.07. The zero-order valence-electron chi connectivity index (χ0n) is 7.09. The molecule has 0 bridgehead atoms. The SMILES string of the molecule is CCc1cn2cc(Cl)cc(Cl)c2n1. The van der Waals surface area contributed by atoms with Gasteiger partial charge in [-0.3, -0.25) is 0 Å². The molecule has 0 unspecified atom stereocenters. The van der Waals surface area contributed by atoms with E-state index >= 15 is 0 Å². The van der Waals surface area contributed by atoms with Crippen molar-refractivity contribution in [2.45, 2.75) is 13.3 Å². The predicted octanol–water partition coefficient (Wildman–Crippen LogP) is 3.20. The third-order valence-electron chi connectivity index (χ3n) is 1.89. The first kappa shape index (κ1) is 8.85. The molecule has 0 amide bonds. The lowest BCUT2D eigenvalue weighted by Crippen LogP contribution is -1.82. The van der Waals surface area contributed by atoms with E-state index in [2.05, 4.69) is 11.9 Å². The molecule has 0 atom stereocenters. The Morgan fingerprint density at radius 3 is 2.85 bits per heavy atom. The molecule has 13 heavy (non-hydrogen) atoms. The largest absolute Gasteiger partial charge is 0.304 e. The van der Waals surface area contributed by atoms with Crippen LogP contribution in [-0.2, 0) is 6.42 Å². The maximum absolute atomic E-state index is 5.96. The Labute approximate surface area is 86.1 Å². The summed E-state index contributed by atoms with van der Waals surface area (Å²) in [5.74, 6) is 0. The minimum atomic E-state index is 0.590. The van der Waals surface area contributed by atoms with Crippen molar-refractivity contribution in [3.63, 3.8) is 0 Å². The average Bonchev–Trinajstić information content (AvgIpc) is 2.47. The summed E-state index contributed by atoms with van der Waals surface area (Å²) in [6.07, 6.45) is 4.64. The second kappa shape index (κ2) is 3.20. The number of hydrogen-bond donors (Lipinski definition) is 0. The van der Waals surface area contributed by atoms with Crippen molar-refractivity contribution in [1.29, 1.82) is 0 Å². The predicted molar refractivity (Wildman–Crippen MR) is 54.6 cm³/mol. The molecule has 0 aromatic carbocycles. The van der Waals surface area contributed by atoms with Crippen molar-refractivity contribution in [2.75, 3.05) is 0 Å². The van der Waals surface area contributed by atoms with Crippen molar-refractivity contribution in [3.05, 3.63) is 34.2 Å². The van der Waals surface area contributed by atoms with Crippen molar-refractivity contribution in [1.82, 2.24) is 9.38 Å². The van der Waals surface area contributed by atoms with E-state index in [9.17, 15) is 0 Å². The van der Waals surface area contributed by atoms with Gasteiger partial charge in [0, 0.05) is 12.4 Å². The maximum atomic E-state index is 5.96. The van der Waals surface area contributed by atoms with Gasteiger partial charge in [-0.1, -0.05) is 30.1 Å². The molecule has 0 N–H and O–H groups in total. The van der Waals surface area contributed by atoms with Crippen molar-refractivity contribution < 1.29 is 0 Å². The number of aromatic nitrogens is 2. The molecule has 0 spiro atoms. The molecule has 0 radical (unpaired) electrons. The highest BCUT2D eigenvalue weighted by atomic mass is 35.5. The highest BCUT2D eigenvalue weighted by Crippen LogP contribution is 2.21. The third kappa shape index (κ3) is 1.52. The van der Waals surface area contributed by atoms with Gasteiger partial charge in [-0.05, 0) is 12.5 Å². The molecule has 2 aromatic heterocycles. The van der Waals surface area contributed by atoms with E-state index in [0.717, 1.165) is 17.8 Å². The van der Waals surface area contributed by atoms with E-state index in [-0.39, 0.29) is 0 Å². The van der Waals surface area contributed by atoms with Crippen LogP contribution in [-0.4, -0.2) is 9.38 Å². The number of imidazole rings is 1. The van der Waals surface area contributed by atoms with Crippen LogP contribution in [0.4, 0.5) is 0 Å². The summed E-state index contributed by atoms with van der Waals surface area (Å²) >= 11 is 11.8. The number of hydrogen-bond acceptors (Lipinski definition) is 1. The summed E-state index contributed by atoms with van der Waals surface area (Å²) in [7, 11) is 0. The Morgan fingerprint density at radius 1 is 1.38 bits per heavy atom. The van der Waals surface area contributed by atoms with E-state index in [4.69, 9.17) is 23.2 Å². The Bertz CT molecular complexity index is 448.